The first-order valence-electron chi connectivity index (χ1n) is 5.79. The Hall–Kier alpha value is -0.570. The van der Waals surface area contributed by atoms with E-state index in [0.29, 0.717) is 0 Å². The first-order valence-corrected chi connectivity index (χ1v) is 5.79. The lowest BCUT2D eigenvalue weighted by molar-refractivity contribution is -0.153. The molecule has 88 valence electrons. The molecule has 0 unspecified atom stereocenters. The summed E-state index contributed by atoms with van der Waals surface area (Å²) in [6.45, 7) is 11.0. The van der Waals surface area contributed by atoms with Crippen LogP contribution in [0.15, 0.2) is 0 Å². The van der Waals surface area contributed by atoms with Crippen LogP contribution >= 0.6 is 0 Å². The minimum absolute atomic E-state index is 0.00750. The third-order valence-electron chi connectivity index (χ3n) is 2.90. The summed E-state index contributed by atoms with van der Waals surface area (Å²) in [5, 5.41) is 0. The van der Waals surface area contributed by atoms with Crippen LogP contribution in [0.2, 0.25) is 0 Å². The van der Waals surface area contributed by atoms with E-state index in [-0.39, 0.29) is 17.5 Å². The van der Waals surface area contributed by atoms with E-state index < -0.39 is 0 Å². The van der Waals surface area contributed by atoms with Crippen molar-refractivity contribution in [3.05, 3.63) is 0 Å². The lowest BCUT2D eigenvalue weighted by atomic mass is 9.88. The highest BCUT2D eigenvalue weighted by Crippen LogP contribution is 2.24. The molecule has 3 heteroatoms. The zero-order valence-electron chi connectivity index (χ0n) is 10.4. The van der Waals surface area contributed by atoms with Gasteiger partial charge in [0.1, 0.15) is 6.10 Å². The minimum Gasteiger partial charge on any atom is -0.461 e. The van der Waals surface area contributed by atoms with Crippen LogP contribution < -0.4 is 0 Å². The first-order chi connectivity index (χ1) is 6.89. The average molecular weight is 213 g/mol. The van der Waals surface area contributed by atoms with E-state index in [9.17, 15) is 4.79 Å². The molecule has 0 amide bonds. The fraction of sp³-hybridized carbons (Fsp3) is 0.917. The maximum absolute atomic E-state index is 11.0. The highest BCUT2D eigenvalue weighted by molar-refractivity contribution is 5.66. The van der Waals surface area contributed by atoms with E-state index >= 15 is 0 Å². The van der Waals surface area contributed by atoms with Gasteiger partial charge in [0.25, 0.3) is 0 Å². The van der Waals surface area contributed by atoms with Crippen LogP contribution in [0.3, 0.4) is 0 Å². The molecule has 0 spiro atoms. The van der Waals surface area contributed by atoms with Gasteiger partial charge < -0.3 is 4.74 Å². The Bertz CT molecular complexity index is 214. The molecule has 0 aromatic heterocycles. The van der Waals surface area contributed by atoms with Crippen LogP contribution in [-0.4, -0.2) is 36.6 Å². The van der Waals surface area contributed by atoms with E-state index in [1.165, 1.54) is 19.8 Å². The molecule has 0 N–H and O–H groups in total. The second kappa shape index (κ2) is 4.97. The van der Waals surface area contributed by atoms with Crippen LogP contribution in [0, 0.1) is 5.41 Å². The number of ether oxygens (including phenoxy) is 1. The summed E-state index contributed by atoms with van der Waals surface area (Å²) in [4.78, 5) is 13.4. The van der Waals surface area contributed by atoms with Crippen molar-refractivity contribution >= 4 is 5.97 Å². The van der Waals surface area contributed by atoms with Gasteiger partial charge in [0.15, 0.2) is 0 Å². The largest absolute Gasteiger partial charge is 0.461 e. The van der Waals surface area contributed by atoms with Gasteiger partial charge in [0.2, 0.25) is 0 Å². The van der Waals surface area contributed by atoms with E-state index in [1.54, 1.807) is 0 Å². The lowest BCUT2D eigenvalue weighted by Gasteiger charge is -2.33. The van der Waals surface area contributed by atoms with E-state index in [2.05, 4.69) is 25.7 Å². The molecular formula is C12H23NO2. The van der Waals surface area contributed by atoms with Crippen LogP contribution in [0.4, 0.5) is 0 Å². The van der Waals surface area contributed by atoms with Crippen molar-refractivity contribution in [2.45, 2.75) is 46.6 Å². The second-order valence-electron chi connectivity index (χ2n) is 5.47. The molecule has 1 saturated heterocycles. The molecule has 0 bridgehead atoms. The van der Waals surface area contributed by atoms with Crippen molar-refractivity contribution in [3.8, 4) is 0 Å². The number of likely N-dealkylation sites (tertiary alicyclic amines) is 1. The third-order valence-corrected chi connectivity index (χ3v) is 2.90. The Morgan fingerprint density at radius 3 is 2.27 bits per heavy atom. The molecule has 1 heterocycles. The lowest BCUT2D eigenvalue weighted by Crippen LogP contribution is -2.41. The minimum atomic E-state index is -0.172. The zero-order valence-corrected chi connectivity index (χ0v) is 10.4. The van der Waals surface area contributed by atoms with Crippen molar-refractivity contribution in [1.29, 1.82) is 0 Å². The Balaban J connectivity index is 2.51. The molecule has 0 aromatic rings. The van der Waals surface area contributed by atoms with Crippen LogP contribution in [0.25, 0.3) is 0 Å². The van der Waals surface area contributed by atoms with Gasteiger partial charge in [0, 0.05) is 18.9 Å². The summed E-state index contributed by atoms with van der Waals surface area (Å²) in [7, 11) is 0. The predicted octanol–water partition coefficient (Wildman–Crippen LogP) is 2.06. The van der Waals surface area contributed by atoms with Gasteiger partial charge in [-0.3, -0.25) is 9.69 Å². The number of carbonyl (C=O) groups excluding carboxylic acids is 1. The number of hydrogen-bond donors (Lipinski definition) is 0. The quantitative estimate of drug-likeness (QED) is 0.672. The molecule has 0 aliphatic carbocycles. The van der Waals surface area contributed by atoms with Crippen molar-refractivity contribution in [1.82, 2.24) is 4.90 Å². The Kier molecular flexibility index (Phi) is 4.14. The molecule has 1 rings (SSSR count). The summed E-state index contributed by atoms with van der Waals surface area (Å²) < 4.78 is 5.40. The van der Waals surface area contributed by atoms with Gasteiger partial charge in [-0.05, 0) is 25.9 Å². The van der Waals surface area contributed by atoms with Crippen molar-refractivity contribution < 1.29 is 9.53 Å². The molecule has 1 aliphatic heterocycles. The molecule has 0 radical (unpaired) electrons. The smallest absolute Gasteiger partial charge is 0.302 e. The summed E-state index contributed by atoms with van der Waals surface area (Å²) in [6, 6.07) is 0. The number of esters is 1. The Labute approximate surface area is 92.8 Å². The highest BCUT2D eigenvalue weighted by Gasteiger charge is 2.30. The van der Waals surface area contributed by atoms with Crippen LogP contribution in [-0.2, 0) is 9.53 Å². The molecular weight excluding hydrogens is 190 g/mol. The topological polar surface area (TPSA) is 29.5 Å². The number of carbonyl (C=O) groups is 1. The molecule has 0 saturated carbocycles. The molecule has 1 fully saturated rings. The number of rotatable bonds is 3. The fourth-order valence-electron chi connectivity index (χ4n) is 1.89. The summed E-state index contributed by atoms with van der Waals surface area (Å²) >= 11 is 0. The normalized spacial score (nSPS) is 20.3. The predicted molar refractivity (Wildman–Crippen MR) is 60.7 cm³/mol. The van der Waals surface area contributed by atoms with Gasteiger partial charge in [-0.1, -0.05) is 20.8 Å². The SMILES string of the molecule is CC(=O)O[C@H](CN1CCCC1)C(C)(C)C. The monoisotopic (exact) mass is 213 g/mol. The summed E-state index contributed by atoms with van der Waals surface area (Å²) in [5.41, 5.74) is 0.0221. The molecule has 1 atom stereocenters. The van der Waals surface area contributed by atoms with E-state index in [4.69, 9.17) is 4.74 Å². The van der Waals surface area contributed by atoms with Crippen LogP contribution in [0.5, 0.6) is 0 Å². The van der Waals surface area contributed by atoms with Crippen molar-refractivity contribution in [2.75, 3.05) is 19.6 Å². The standard InChI is InChI=1S/C12H23NO2/c1-10(14)15-11(12(2,3)4)9-13-7-5-6-8-13/h11H,5-9H2,1-4H3/t11-/m1/s1. The summed E-state index contributed by atoms with van der Waals surface area (Å²) in [6.07, 6.45) is 2.56. The number of nitrogens with zero attached hydrogens (tertiary/aromatic N) is 1. The maximum atomic E-state index is 11.0. The van der Waals surface area contributed by atoms with Crippen LogP contribution in [0.1, 0.15) is 40.5 Å². The highest BCUT2D eigenvalue weighted by atomic mass is 16.5. The maximum Gasteiger partial charge on any atom is 0.302 e. The van der Waals surface area contributed by atoms with Gasteiger partial charge in [-0.2, -0.15) is 0 Å². The molecule has 3 nitrogen and oxygen atoms in total. The molecule has 0 aromatic carbocycles. The van der Waals surface area contributed by atoms with Gasteiger partial charge >= 0.3 is 5.97 Å². The third kappa shape index (κ3) is 4.20. The van der Waals surface area contributed by atoms with Gasteiger partial charge in [-0.15, -0.1) is 0 Å². The fourth-order valence-corrected chi connectivity index (χ4v) is 1.89. The van der Waals surface area contributed by atoms with Gasteiger partial charge in [0.05, 0.1) is 0 Å². The first kappa shape index (κ1) is 12.5. The Morgan fingerprint density at radius 2 is 1.87 bits per heavy atom. The molecule has 15 heavy (non-hydrogen) atoms. The van der Waals surface area contributed by atoms with E-state index in [1.807, 2.05) is 0 Å². The molecule has 1 aliphatic rings. The second-order valence-corrected chi connectivity index (χ2v) is 5.47. The Morgan fingerprint density at radius 1 is 1.33 bits per heavy atom. The van der Waals surface area contributed by atoms with Crippen molar-refractivity contribution in [3.63, 3.8) is 0 Å². The zero-order chi connectivity index (χ0) is 11.5. The summed E-state index contributed by atoms with van der Waals surface area (Å²) in [5.74, 6) is -0.172. The number of hydrogen-bond acceptors (Lipinski definition) is 3. The van der Waals surface area contributed by atoms with E-state index in [0.717, 1.165) is 19.6 Å². The van der Waals surface area contributed by atoms with Crippen molar-refractivity contribution in [2.24, 2.45) is 5.41 Å². The van der Waals surface area contributed by atoms with Gasteiger partial charge in [-0.25, -0.2) is 0 Å². The average Bonchev–Trinajstić information content (AvgIpc) is 2.53.